The molecule has 0 saturated heterocycles. The molecule has 0 fully saturated rings. The van der Waals surface area contributed by atoms with Gasteiger partial charge in [0.1, 0.15) is 0 Å². The van der Waals surface area contributed by atoms with Crippen LogP contribution in [0.1, 0.15) is 0 Å². The maximum atomic E-state index is 8.20. The van der Waals surface area contributed by atoms with Gasteiger partial charge in [-0.05, 0) is 14.1 Å². The zero-order valence-corrected chi connectivity index (χ0v) is 7.47. The van der Waals surface area contributed by atoms with Crippen LogP contribution >= 0.6 is 24.8 Å². The first kappa shape index (κ1) is 22.7. The van der Waals surface area contributed by atoms with E-state index in [0.717, 1.165) is 6.54 Å². The van der Waals surface area contributed by atoms with E-state index in [9.17, 15) is 0 Å². The number of aliphatic hydroxyl groups is 1. The van der Waals surface area contributed by atoms with E-state index in [4.69, 9.17) is 5.11 Å². The fourth-order valence-corrected chi connectivity index (χ4v) is 0.200. The van der Waals surface area contributed by atoms with Crippen molar-refractivity contribution in [3.63, 3.8) is 0 Å². The standard InChI is InChI=1S/C4H11NO.2ClH.H3N/c1-5(2)3-4-6;;;/h6H,3-4H2,1-2H3;2*1H;1H3. The summed E-state index contributed by atoms with van der Waals surface area (Å²) in [5.74, 6) is 0. The minimum Gasteiger partial charge on any atom is -0.395 e. The Balaban J connectivity index is -0.0000000417. The summed E-state index contributed by atoms with van der Waals surface area (Å²) in [5.41, 5.74) is 0. The van der Waals surface area contributed by atoms with Crippen LogP contribution in [0.4, 0.5) is 0 Å². The zero-order valence-electron chi connectivity index (χ0n) is 5.83. The van der Waals surface area contributed by atoms with Gasteiger partial charge in [-0.3, -0.25) is 0 Å². The monoisotopic (exact) mass is 178 g/mol. The molecule has 0 spiro atoms. The molecule has 0 amide bonds. The molecule has 0 aliphatic carbocycles. The minimum absolute atomic E-state index is 0. The van der Waals surface area contributed by atoms with Crippen LogP contribution in [0.15, 0.2) is 0 Å². The third-order valence-electron chi connectivity index (χ3n) is 0.547. The lowest BCUT2D eigenvalue weighted by atomic mass is 10.6. The fraction of sp³-hybridized carbons (Fsp3) is 1.00. The summed E-state index contributed by atoms with van der Waals surface area (Å²) in [6, 6.07) is 0. The second-order valence-corrected chi connectivity index (χ2v) is 1.53. The predicted octanol–water partition coefficient (Wildman–Crippen LogP) is 0.546. The first-order valence-electron chi connectivity index (χ1n) is 2.03. The number of hydrogen-bond donors (Lipinski definition) is 2. The Kier molecular flexibility index (Phi) is 39.9. The van der Waals surface area contributed by atoms with Gasteiger partial charge in [0.2, 0.25) is 0 Å². The van der Waals surface area contributed by atoms with Gasteiger partial charge in [-0.2, -0.15) is 0 Å². The summed E-state index contributed by atoms with van der Waals surface area (Å²) in [6.45, 7) is 1.02. The second-order valence-electron chi connectivity index (χ2n) is 1.53. The normalized spacial score (nSPS) is 6.67. The lowest BCUT2D eigenvalue weighted by Gasteiger charge is -2.03. The third kappa shape index (κ3) is 29.5. The van der Waals surface area contributed by atoms with Gasteiger partial charge in [0.25, 0.3) is 0 Å². The van der Waals surface area contributed by atoms with Crippen LogP contribution in [0, 0.1) is 0 Å². The Hall–Kier alpha value is 0.460. The molecular weight excluding hydrogens is 163 g/mol. The number of rotatable bonds is 2. The van der Waals surface area contributed by atoms with Crippen molar-refractivity contribution in [3.8, 4) is 0 Å². The van der Waals surface area contributed by atoms with E-state index in [1.807, 2.05) is 19.0 Å². The van der Waals surface area contributed by atoms with Crippen molar-refractivity contribution < 1.29 is 5.11 Å². The molecule has 0 heterocycles. The Morgan fingerprint density at radius 3 is 1.56 bits per heavy atom. The summed E-state index contributed by atoms with van der Waals surface area (Å²) in [7, 11) is 3.85. The number of halogens is 2. The molecule has 9 heavy (non-hydrogen) atoms. The smallest absolute Gasteiger partial charge is 0.0558 e. The average Bonchev–Trinajstić information content (AvgIpc) is 1.35. The molecule has 0 aliphatic heterocycles. The number of aliphatic hydroxyl groups excluding tert-OH is 1. The van der Waals surface area contributed by atoms with E-state index in [1.165, 1.54) is 0 Å². The molecule has 62 valence electrons. The fourth-order valence-electron chi connectivity index (χ4n) is 0.200. The Labute approximate surface area is 68.8 Å². The van der Waals surface area contributed by atoms with Crippen molar-refractivity contribution in [3.05, 3.63) is 0 Å². The topological polar surface area (TPSA) is 58.5 Å². The SMILES string of the molecule is CN(C)CCO.Cl.Cl.N. The summed E-state index contributed by atoms with van der Waals surface area (Å²) in [6.07, 6.45) is 0. The van der Waals surface area contributed by atoms with Crippen LogP contribution in [0.25, 0.3) is 0 Å². The molecule has 5 heteroatoms. The summed E-state index contributed by atoms with van der Waals surface area (Å²) in [4.78, 5) is 1.93. The van der Waals surface area contributed by atoms with Gasteiger partial charge in [-0.15, -0.1) is 24.8 Å². The van der Waals surface area contributed by atoms with E-state index in [1.54, 1.807) is 0 Å². The average molecular weight is 179 g/mol. The summed E-state index contributed by atoms with van der Waals surface area (Å²) < 4.78 is 0. The zero-order chi connectivity index (χ0) is 4.99. The molecule has 0 aromatic rings. The van der Waals surface area contributed by atoms with Crippen LogP contribution < -0.4 is 6.15 Å². The highest BCUT2D eigenvalue weighted by Gasteiger charge is 1.80. The van der Waals surface area contributed by atoms with Gasteiger partial charge in [0.05, 0.1) is 6.61 Å². The maximum Gasteiger partial charge on any atom is 0.0558 e. The Bertz CT molecular complexity index is 37.7. The predicted molar refractivity (Wildman–Crippen MR) is 45.2 cm³/mol. The lowest BCUT2D eigenvalue weighted by Crippen LogP contribution is -2.15. The van der Waals surface area contributed by atoms with Crippen molar-refractivity contribution in [2.24, 2.45) is 0 Å². The van der Waals surface area contributed by atoms with Gasteiger partial charge in [-0.25, -0.2) is 0 Å². The maximum absolute atomic E-state index is 8.20. The Morgan fingerprint density at radius 1 is 1.22 bits per heavy atom. The highest BCUT2D eigenvalue weighted by Crippen LogP contribution is 1.66. The second kappa shape index (κ2) is 15.8. The molecule has 3 nitrogen and oxygen atoms in total. The minimum atomic E-state index is 0. The Morgan fingerprint density at radius 2 is 1.56 bits per heavy atom. The van der Waals surface area contributed by atoms with Crippen LogP contribution in [-0.4, -0.2) is 37.3 Å². The molecule has 0 radical (unpaired) electrons. The van der Waals surface area contributed by atoms with Gasteiger partial charge in [0.15, 0.2) is 0 Å². The van der Waals surface area contributed by atoms with Crippen molar-refractivity contribution in [2.45, 2.75) is 0 Å². The molecule has 0 bridgehead atoms. The van der Waals surface area contributed by atoms with Gasteiger partial charge >= 0.3 is 0 Å². The van der Waals surface area contributed by atoms with Crippen molar-refractivity contribution in [2.75, 3.05) is 27.2 Å². The lowest BCUT2D eigenvalue weighted by molar-refractivity contribution is 0.243. The van der Waals surface area contributed by atoms with E-state index in [0.29, 0.717) is 0 Å². The van der Waals surface area contributed by atoms with Crippen molar-refractivity contribution >= 4 is 24.8 Å². The van der Waals surface area contributed by atoms with Crippen molar-refractivity contribution in [1.82, 2.24) is 11.1 Å². The van der Waals surface area contributed by atoms with Crippen LogP contribution in [0.5, 0.6) is 0 Å². The van der Waals surface area contributed by atoms with Crippen LogP contribution in [0.3, 0.4) is 0 Å². The van der Waals surface area contributed by atoms with Crippen molar-refractivity contribution in [1.29, 1.82) is 0 Å². The molecular formula is C4H16Cl2N2O. The summed E-state index contributed by atoms with van der Waals surface area (Å²) >= 11 is 0. The third-order valence-corrected chi connectivity index (χ3v) is 0.547. The number of nitrogens with zero attached hydrogens (tertiary/aromatic N) is 1. The van der Waals surface area contributed by atoms with Gasteiger partial charge in [-0.1, -0.05) is 0 Å². The molecule has 0 aromatic heterocycles. The molecule has 0 atom stereocenters. The highest BCUT2D eigenvalue weighted by atomic mass is 35.5. The molecule has 0 aromatic carbocycles. The van der Waals surface area contributed by atoms with Crippen LogP contribution in [0.2, 0.25) is 0 Å². The quantitative estimate of drug-likeness (QED) is 0.650. The van der Waals surface area contributed by atoms with E-state index >= 15 is 0 Å². The molecule has 0 rings (SSSR count). The summed E-state index contributed by atoms with van der Waals surface area (Å²) in [5, 5.41) is 8.20. The molecule has 0 aliphatic rings. The molecule has 4 N–H and O–H groups in total. The number of likely N-dealkylation sites (N-methyl/N-ethyl adjacent to an activating group) is 1. The molecule has 0 unspecified atom stereocenters. The van der Waals surface area contributed by atoms with E-state index in [2.05, 4.69) is 0 Å². The largest absolute Gasteiger partial charge is 0.395 e. The number of hydrogen-bond acceptors (Lipinski definition) is 3. The van der Waals surface area contributed by atoms with Crippen LogP contribution in [-0.2, 0) is 0 Å². The van der Waals surface area contributed by atoms with E-state index < -0.39 is 0 Å². The van der Waals surface area contributed by atoms with E-state index in [-0.39, 0.29) is 37.6 Å². The first-order chi connectivity index (χ1) is 2.77. The first-order valence-corrected chi connectivity index (χ1v) is 2.03. The molecule has 0 saturated carbocycles. The van der Waals surface area contributed by atoms with Gasteiger partial charge < -0.3 is 16.2 Å². The van der Waals surface area contributed by atoms with Gasteiger partial charge in [0, 0.05) is 6.54 Å². The highest BCUT2D eigenvalue weighted by molar-refractivity contribution is 5.85.